The Morgan fingerprint density at radius 2 is 1.76 bits per heavy atom. The van der Waals surface area contributed by atoms with E-state index >= 15 is 0 Å². The molecule has 2 aromatic rings. The molecule has 0 atom stereocenters. The maximum atomic E-state index is 13.5. The van der Waals surface area contributed by atoms with Crippen LogP contribution in [0.1, 0.15) is 26.3 Å². The number of carboxylic acid groups (broad SMARTS) is 1. The maximum Gasteiger partial charge on any atom is 0.335 e. The Hall–Kier alpha value is -2.89. The lowest BCUT2D eigenvalue weighted by Crippen LogP contribution is -2.24. The molecule has 6 heteroatoms. The van der Waals surface area contributed by atoms with Crippen molar-refractivity contribution in [1.29, 1.82) is 0 Å². The van der Waals surface area contributed by atoms with Crippen LogP contribution in [0.3, 0.4) is 0 Å². The average Bonchev–Trinajstić information content (AvgIpc) is 2.45. The van der Waals surface area contributed by atoms with Crippen LogP contribution in [0.5, 0.6) is 5.75 Å². The van der Waals surface area contributed by atoms with Crippen molar-refractivity contribution in [2.45, 2.75) is 6.54 Å². The van der Waals surface area contributed by atoms with E-state index in [-0.39, 0.29) is 12.1 Å². The number of hydrogen-bond donors (Lipinski definition) is 3. The molecule has 0 saturated carbocycles. The fourth-order valence-corrected chi connectivity index (χ4v) is 1.77. The van der Waals surface area contributed by atoms with Crippen LogP contribution in [-0.4, -0.2) is 22.1 Å². The molecule has 2 rings (SSSR count). The Labute approximate surface area is 119 Å². The van der Waals surface area contributed by atoms with Gasteiger partial charge in [0, 0.05) is 6.54 Å². The first-order valence-corrected chi connectivity index (χ1v) is 6.07. The molecule has 2 aromatic carbocycles. The van der Waals surface area contributed by atoms with Crippen LogP contribution in [0.4, 0.5) is 4.39 Å². The Morgan fingerprint density at radius 1 is 1.10 bits per heavy atom. The third-order valence-electron chi connectivity index (χ3n) is 2.87. The molecule has 0 aromatic heterocycles. The molecule has 108 valence electrons. The first-order valence-electron chi connectivity index (χ1n) is 6.07. The number of phenols is 1. The van der Waals surface area contributed by atoms with E-state index in [9.17, 15) is 19.1 Å². The summed E-state index contributed by atoms with van der Waals surface area (Å²) in [4.78, 5) is 22.5. The van der Waals surface area contributed by atoms with E-state index in [4.69, 9.17) is 5.11 Å². The molecule has 0 bridgehead atoms. The van der Waals surface area contributed by atoms with Gasteiger partial charge < -0.3 is 15.5 Å². The summed E-state index contributed by atoms with van der Waals surface area (Å²) >= 11 is 0. The van der Waals surface area contributed by atoms with Gasteiger partial charge in [-0.15, -0.1) is 0 Å². The SMILES string of the molecule is O=C(O)c1ccc(CNC(=O)c2c(O)cccc2F)cc1. The summed E-state index contributed by atoms with van der Waals surface area (Å²) in [5.41, 5.74) is 0.376. The molecule has 0 saturated heterocycles. The number of benzene rings is 2. The molecular formula is C15H12FNO4. The minimum absolute atomic E-state index is 0.0898. The van der Waals surface area contributed by atoms with Gasteiger partial charge in [-0.2, -0.15) is 0 Å². The highest BCUT2D eigenvalue weighted by Gasteiger charge is 2.15. The summed E-state index contributed by atoms with van der Waals surface area (Å²) in [6, 6.07) is 9.51. The van der Waals surface area contributed by atoms with Crippen molar-refractivity contribution < 1.29 is 24.2 Å². The number of phenolic OH excluding ortho intramolecular Hbond substituents is 1. The quantitative estimate of drug-likeness (QED) is 0.805. The van der Waals surface area contributed by atoms with Crippen LogP contribution in [0.2, 0.25) is 0 Å². The summed E-state index contributed by atoms with van der Waals surface area (Å²) in [6.07, 6.45) is 0. The molecule has 21 heavy (non-hydrogen) atoms. The van der Waals surface area contributed by atoms with E-state index in [1.807, 2.05) is 0 Å². The number of rotatable bonds is 4. The highest BCUT2D eigenvalue weighted by molar-refractivity contribution is 5.97. The minimum atomic E-state index is -1.04. The van der Waals surface area contributed by atoms with E-state index in [2.05, 4.69) is 5.32 Å². The van der Waals surface area contributed by atoms with Gasteiger partial charge in [0.25, 0.3) is 5.91 Å². The molecule has 0 aliphatic carbocycles. The van der Waals surface area contributed by atoms with E-state index in [1.54, 1.807) is 12.1 Å². The second kappa shape index (κ2) is 6.04. The lowest BCUT2D eigenvalue weighted by molar-refractivity contribution is 0.0696. The molecule has 3 N–H and O–H groups in total. The van der Waals surface area contributed by atoms with E-state index in [0.717, 1.165) is 6.07 Å². The van der Waals surface area contributed by atoms with Crippen molar-refractivity contribution in [1.82, 2.24) is 5.32 Å². The molecule has 1 amide bonds. The van der Waals surface area contributed by atoms with Gasteiger partial charge in [-0.05, 0) is 29.8 Å². The monoisotopic (exact) mass is 289 g/mol. The number of carboxylic acids is 1. The normalized spacial score (nSPS) is 10.1. The zero-order valence-corrected chi connectivity index (χ0v) is 10.8. The van der Waals surface area contributed by atoms with E-state index in [0.29, 0.717) is 5.56 Å². The van der Waals surface area contributed by atoms with Crippen molar-refractivity contribution >= 4 is 11.9 Å². The molecule has 0 fully saturated rings. The van der Waals surface area contributed by atoms with Crippen molar-refractivity contribution in [2.75, 3.05) is 0 Å². The summed E-state index contributed by atoms with van der Waals surface area (Å²) in [5.74, 6) is -3.03. The van der Waals surface area contributed by atoms with E-state index in [1.165, 1.54) is 24.3 Å². The van der Waals surface area contributed by atoms with Gasteiger partial charge in [-0.1, -0.05) is 18.2 Å². The predicted octanol–water partition coefficient (Wildman–Crippen LogP) is 2.16. The van der Waals surface area contributed by atoms with Gasteiger partial charge in [0.2, 0.25) is 0 Å². The predicted molar refractivity (Wildman–Crippen MR) is 72.6 cm³/mol. The van der Waals surface area contributed by atoms with E-state index < -0.39 is 29.0 Å². The molecule has 0 radical (unpaired) electrons. The fourth-order valence-electron chi connectivity index (χ4n) is 1.77. The van der Waals surface area contributed by atoms with Crippen LogP contribution in [0, 0.1) is 5.82 Å². The molecule has 0 aliphatic rings. The van der Waals surface area contributed by atoms with Crippen molar-refractivity contribution in [3.63, 3.8) is 0 Å². The summed E-state index contributed by atoms with van der Waals surface area (Å²) < 4.78 is 13.5. The van der Waals surface area contributed by atoms with Crippen molar-refractivity contribution in [2.24, 2.45) is 0 Å². The van der Waals surface area contributed by atoms with Gasteiger partial charge in [0.05, 0.1) is 5.56 Å². The summed E-state index contributed by atoms with van der Waals surface area (Å²) in [5, 5.41) is 20.7. The van der Waals surface area contributed by atoms with Gasteiger partial charge in [0.15, 0.2) is 0 Å². The number of carbonyl (C=O) groups is 2. The second-order valence-corrected chi connectivity index (χ2v) is 4.32. The number of carbonyl (C=O) groups excluding carboxylic acids is 1. The summed E-state index contributed by atoms with van der Waals surface area (Å²) in [7, 11) is 0. The average molecular weight is 289 g/mol. The first-order chi connectivity index (χ1) is 9.99. The number of amides is 1. The standard InChI is InChI=1S/C15H12FNO4/c16-11-2-1-3-12(18)13(11)14(19)17-8-9-4-6-10(7-5-9)15(20)21/h1-7,18H,8H2,(H,17,19)(H,20,21). The van der Waals surface area contributed by atoms with Crippen LogP contribution < -0.4 is 5.32 Å². The van der Waals surface area contributed by atoms with Crippen molar-refractivity contribution in [3.8, 4) is 5.75 Å². The van der Waals surface area contributed by atoms with Crippen LogP contribution >= 0.6 is 0 Å². The number of aromatic hydroxyl groups is 1. The molecule has 0 heterocycles. The Morgan fingerprint density at radius 3 is 2.33 bits per heavy atom. The number of aromatic carboxylic acids is 1. The zero-order valence-electron chi connectivity index (χ0n) is 10.8. The first kappa shape index (κ1) is 14.5. The van der Waals surface area contributed by atoms with Gasteiger partial charge in [-0.25, -0.2) is 9.18 Å². The summed E-state index contributed by atoms with van der Waals surface area (Å²) in [6.45, 7) is 0.0898. The van der Waals surface area contributed by atoms with Gasteiger partial charge in [0.1, 0.15) is 17.1 Å². The second-order valence-electron chi connectivity index (χ2n) is 4.32. The largest absolute Gasteiger partial charge is 0.507 e. The third kappa shape index (κ3) is 3.36. The fraction of sp³-hybridized carbons (Fsp3) is 0.0667. The molecule has 0 unspecified atom stereocenters. The zero-order chi connectivity index (χ0) is 15.4. The molecular weight excluding hydrogens is 277 g/mol. The molecule has 0 spiro atoms. The number of nitrogens with one attached hydrogen (secondary N) is 1. The van der Waals surface area contributed by atoms with Crippen LogP contribution in [0.15, 0.2) is 42.5 Å². The van der Waals surface area contributed by atoms with Crippen LogP contribution in [-0.2, 0) is 6.54 Å². The highest BCUT2D eigenvalue weighted by Crippen LogP contribution is 2.19. The Bertz CT molecular complexity index is 662. The van der Waals surface area contributed by atoms with Gasteiger partial charge >= 0.3 is 5.97 Å². The maximum absolute atomic E-state index is 13.5. The molecule has 0 aliphatic heterocycles. The minimum Gasteiger partial charge on any atom is -0.507 e. The number of hydrogen-bond acceptors (Lipinski definition) is 3. The lowest BCUT2D eigenvalue weighted by Gasteiger charge is -2.08. The van der Waals surface area contributed by atoms with Crippen LogP contribution in [0.25, 0.3) is 0 Å². The Kier molecular flexibility index (Phi) is 4.18. The third-order valence-corrected chi connectivity index (χ3v) is 2.87. The molecule has 5 nitrogen and oxygen atoms in total. The lowest BCUT2D eigenvalue weighted by atomic mass is 10.1. The highest BCUT2D eigenvalue weighted by atomic mass is 19.1. The Balaban J connectivity index is 2.06. The van der Waals surface area contributed by atoms with Gasteiger partial charge in [-0.3, -0.25) is 4.79 Å². The topological polar surface area (TPSA) is 86.6 Å². The smallest absolute Gasteiger partial charge is 0.335 e. The van der Waals surface area contributed by atoms with Crippen molar-refractivity contribution in [3.05, 3.63) is 65.0 Å². The number of halogens is 1.